The number of ether oxygens (including phenoxy) is 2. The Labute approximate surface area is 136 Å². The van der Waals surface area contributed by atoms with Gasteiger partial charge in [-0.2, -0.15) is 0 Å². The zero-order valence-corrected chi connectivity index (χ0v) is 13.7. The van der Waals surface area contributed by atoms with Crippen LogP contribution in [0.2, 0.25) is 0 Å². The molecule has 2 aromatic rings. The van der Waals surface area contributed by atoms with Gasteiger partial charge in [0.15, 0.2) is 0 Å². The van der Waals surface area contributed by atoms with E-state index in [9.17, 15) is 8.42 Å². The summed E-state index contributed by atoms with van der Waals surface area (Å²) in [6.07, 6.45) is 0. The number of para-hydroxylation sites is 1. The van der Waals surface area contributed by atoms with Crippen molar-refractivity contribution in [2.45, 2.75) is 17.7 Å². The van der Waals surface area contributed by atoms with E-state index in [4.69, 9.17) is 9.47 Å². The summed E-state index contributed by atoms with van der Waals surface area (Å²) in [6, 6.07) is 14.1. The molecule has 1 heterocycles. The lowest BCUT2D eigenvalue weighted by Crippen LogP contribution is -2.29. The van der Waals surface area contributed by atoms with Gasteiger partial charge in [0, 0.05) is 18.0 Å². The molecule has 0 saturated carbocycles. The van der Waals surface area contributed by atoms with E-state index in [2.05, 4.69) is 4.72 Å². The molecular weight excluding hydrogens is 314 g/mol. The third kappa shape index (κ3) is 3.48. The van der Waals surface area contributed by atoms with Gasteiger partial charge < -0.3 is 9.47 Å². The molecule has 0 spiro atoms. The van der Waals surface area contributed by atoms with E-state index in [1.807, 2.05) is 31.2 Å². The molecule has 5 nitrogen and oxygen atoms in total. The molecule has 23 heavy (non-hydrogen) atoms. The largest absolute Gasteiger partial charge is 0.494 e. The highest BCUT2D eigenvalue weighted by molar-refractivity contribution is 7.89. The second-order valence-electron chi connectivity index (χ2n) is 5.30. The summed E-state index contributed by atoms with van der Waals surface area (Å²) < 4.78 is 38.3. The molecule has 3 rings (SSSR count). The second-order valence-corrected chi connectivity index (χ2v) is 7.07. The molecule has 6 heteroatoms. The Balaban J connectivity index is 1.67. The van der Waals surface area contributed by atoms with Crippen LogP contribution in [0.25, 0.3) is 0 Å². The van der Waals surface area contributed by atoms with E-state index in [1.165, 1.54) is 0 Å². The molecule has 0 bridgehead atoms. The first-order chi connectivity index (χ1) is 11.1. The molecular formula is C17H19NO4S. The third-order valence-electron chi connectivity index (χ3n) is 3.76. The Morgan fingerprint density at radius 2 is 1.91 bits per heavy atom. The molecule has 0 saturated heterocycles. The van der Waals surface area contributed by atoms with Gasteiger partial charge in [-0.25, -0.2) is 13.1 Å². The average molecular weight is 333 g/mol. The fourth-order valence-corrected chi connectivity index (χ4v) is 3.66. The van der Waals surface area contributed by atoms with Crippen LogP contribution < -0.4 is 14.2 Å². The molecule has 2 aromatic carbocycles. The van der Waals surface area contributed by atoms with Crippen LogP contribution in [-0.4, -0.2) is 28.2 Å². The summed E-state index contributed by atoms with van der Waals surface area (Å²) in [6.45, 7) is 3.23. The van der Waals surface area contributed by atoms with Gasteiger partial charge in [-0.3, -0.25) is 0 Å². The summed E-state index contributed by atoms with van der Waals surface area (Å²) in [5.74, 6) is 1.52. The first-order valence-corrected chi connectivity index (χ1v) is 9.02. The van der Waals surface area contributed by atoms with Crippen molar-refractivity contribution in [1.29, 1.82) is 0 Å². The molecule has 0 aliphatic carbocycles. The summed E-state index contributed by atoms with van der Waals surface area (Å²) in [5, 5.41) is 0. The van der Waals surface area contributed by atoms with Crippen LogP contribution in [0, 0.1) is 0 Å². The SMILES string of the molecule is CCOc1ccc(S(=O)(=O)NCC2COc3ccccc32)cc1. The maximum absolute atomic E-state index is 12.4. The highest BCUT2D eigenvalue weighted by atomic mass is 32.2. The molecule has 0 aromatic heterocycles. The van der Waals surface area contributed by atoms with Gasteiger partial charge in [-0.05, 0) is 37.3 Å². The van der Waals surface area contributed by atoms with Gasteiger partial charge >= 0.3 is 0 Å². The number of benzene rings is 2. The number of sulfonamides is 1. The molecule has 1 aliphatic rings. The number of fused-ring (bicyclic) bond motifs is 1. The topological polar surface area (TPSA) is 64.6 Å². The lowest BCUT2D eigenvalue weighted by molar-refractivity contribution is 0.330. The molecule has 122 valence electrons. The maximum atomic E-state index is 12.4. The minimum Gasteiger partial charge on any atom is -0.494 e. The third-order valence-corrected chi connectivity index (χ3v) is 5.20. The van der Waals surface area contributed by atoms with Crippen molar-refractivity contribution in [2.75, 3.05) is 19.8 Å². The van der Waals surface area contributed by atoms with Crippen molar-refractivity contribution in [3.8, 4) is 11.5 Å². The summed E-state index contributed by atoms with van der Waals surface area (Å²) in [7, 11) is -3.54. The molecule has 1 N–H and O–H groups in total. The lowest BCUT2D eigenvalue weighted by atomic mass is 10.0. The highest BCUT2D eigenvalue weighted by Crippen LogP contribution is 2.33. The molecule has 1 atom stereocenters. The number of nitrogens with one attached hydrogen (secondary N) is 1. The number of hydrogen-bond donors (Lipinski definition) is 1. The smallest absolute Gasteiger partial charge is 0.240 e. The summed E-state index contributed by atoms with van der Waals surface area (Å²) in [4.78, 5) is 0.230. The minimum atomic E-state index is -3.54. The summed E-state index contributed by atoms with van der Waals surface area (Å²) in [5.41, 5.74) is 1.04. The number of rotatable bonds is 6. The molecule has 0 fully saturated rings. The zero-order valence-electron chi connectivity index (χ0n) is 12.9. The highest BCUT2D eigenvalue weighted by Gasteiger charge is 2.25. The van der Waals surface area contributed by atoms with Crippen molar-refractivity contribution in [1.82, 2.24) is 4.72 Å². The first kappa shape index (κ1) is 15.8. The van der Waals surface area contributed by atoms with Gasteiger partial charge in [0.05, 0.1) is 18.1 Å². The van der Waals surface area contributed by atoms with E-state index < -0.39 is 10.0 Å². The van der Waals surface area contributed by atoms with Crippen LogP contribution in [0.15, 0.2) is 53.4 Å². The van der Waals surface area contributed by atoms with Gasteiger partial charge in [0.2, 0.25) is 10.0 Å². The van der Waals surface area contributed by atoms with Gasteiger partial charge in [0.1, 0.15) is 11.5 Å². The van der Waals surface area contributed by atoms with E-state index in [0.29, 0.717) is 25.5 Å². The van der Waals surface area contributed by atoms with E-state index in [0.717, 1.165) is 11.3 Å². The summed E-state index contributed by atoms with van der Waals surface area (Å²) >= 11 is 0. The predicted molar refractivity (Wildman–Crippen MR) is 87.5 cm³/mol. The Hall–Kier alpha value is -2.05. The Morgan fingerprint density at radius 1 is 1.17 bits per heavy atom. The molecule has 1 unspecified atom stereocenters. The van der Waals surface area contributed by atoms with Crippen LogP contribution in [0.1, 0.15) is 18.4 Å². The Kier molecular flexibility index (Phi) is 4.54. The van der Waals surface area contributed by atoms with Crippen molar-refractivity contribution in [3.63, 3.8) is 0 Å². The van der Waals surface area contributed by atoms with E-state index >= 15 is 0 Å². The van der Waals surface area contributed by atoms with Gasteiger partial charge in [0.25, 0.3) is 0 Å². The van der Waals surface area contributed by atoms with Crippen LogP contribution >= 0.6 is 0 Å². The monoisotopic (exact) mass is 333 g/mol. The predicted octanol–water partition coefficient (Wildman–Crippen LogP) is 2.54. The fraction of sp³-hybridized carbons (Fsp3) is 0.294. The van der Waals surface area contributed by atoms with Crippen LogP contribution in [0.4, 0.5) is 0 Å². The number of hydrogen-bond acceptors (Lipinski definition) is 4. The molecule has 0 amide bonds. The van der Waals surface area contributed by atoms with E-state index in [-0.39, 0.29) is 10.8 Å². The fourth-order valence-electron chi connectivity index (χ4n) is 2.57. The van der Waals surface area contributed by atoms with Crippen LogP contribution in [-0.2, 0) is 10.0 Å². The van der Waals surface area contributed by atoms with E-state index in [1.54, 1.807) is 24.3 Å². The van der Waals surface area contributed by atoms with Crippen molar-refractivity contribution < 1.29 is 17.9 Å². The van der Waals surface area contributed by atoms with Crippen molar-refractivity contribution in [2.24, 2.45) is 0 Å². The normalized spacial score (nSPS) is 16.7. The van der Waals surface area contributed by atoms with Gasteiger partial charge in [-0.1, -0.05) is 18.2 Å². The van der Waals surface area contributed by atoms with Crippen LogP contribution in [0.3, 0.4) is 0 Å². The minimum absolute atomic E-state index is 0.0312. The Morgan fingerprint density at radius 3 is 2.65 bits per heavy atom. The van der Waals surface area contributed by atoms with Crippen molar-refractivity contribution >= 4 is 10.0 Å². The van der Waals surface area contributed by atoms with Crippen LogP contribution in [0.5, 0.6) is 11.5 Å². The van der Waals surface area contributed by atoms with Gasteiger partial charge in [-0.15, -0.1) is 0 Å². The standard InChI is InChI=1S/C17H19NO4S/c1-2-21-14-7-9-15(10-8-14)23(19,20)18-11-13-12-22-17-6-4-3-5-16(13)17/h3-10,13,18H,2,11-12H2,1H3. The van der Waals surface area contributed by atoms with Crippen molar-refractivity contribution in [3.05, 3.63) is 54.1 Å². The maximum Gasteiger partial charge on any atom is 0.240 e. The first-order valence-electron chi connectivity index (χ1n) is 7.54. The molecule has 1 aliphatic heterocycles. The Bertz CT molecular complexity index is 771. The second kappa shape index (κ2) is 6.60. The quantitative estimate of drug-likeness (QED) is 0.882. The average Bonchev–Trinajstić information content (AvgIpc) is 2.97. The lowest BCUT2D eigenvalue weighted by Gasteiger charge is -2.11. The molecule has 0 radical (unpaired) electrons. The zero-order chi connectivity index (χ0) is 16.3.